The van der Waals surface area contributed by atoms with Crippen molar-refractivity contribution in [2.75, 3.05) is 19.8 Å². The topological polar surface area (TPSA) is 55.6 Å². The summed E-state index contributed by atoms with van der Waals surface area (Å²) in [5.74, 6) is 0.649. The average molecular weight is 256 g/mol. The molecule has 0 spiro atoms. The van der Waals surface area contributed by atoms with Gasteiger partial charge in [0, 0.05) is 6.54 Å². The zero-order chi connectivity index (χ0) is 12.6. The smallest absolute Gasteiger partial charge is 0.236 e. The maximum atomic E-state index is 12.6. The van der Waals surface area contributed by atoms with E-state index in [2.05, 4.69) is 6.92 Å². The van der Waals surface area contributed by atoms with Crippen LogP contribution in [0.25, 0.3) is 0 Å². The number of thiocarbonyl (C=S) groups is 1. The highest BCUT2D eigenvalue weighted by molar-refractivity contribution is 7.80. The Labute approximate surface area is 107 Å². The minimum Gasteiger partial charge on any atom is -0.392 e. The highest BCUT2D eigenvalue weighted by Crippen LogP contribution is 2.47. The number of nitrogens with zero attached hydrogens (tertiary/aromatic N) is 1. The van der Waals surface area contributed by atoms with Crippen LogP contribution in [0.3, 0.4) is 0 Å². The highest BCUT2D eigenvalue weighted by atomic mass is 32.1. The van der Waals surface area contributed by atoms with Crippen LogP contribution in [0.15, 0.2) is 0 Å². The third kappa shape index (κ3) is 2.06. The average Bonchev–Trinajstić information content (AvgIpc) is 2.24. The monoisotopic (exact) mass is 256 g/mol. The standard InChI is InChI=1S/C12H20N2O2S/c1-8-5-12(6-8,10(13)17)11(15)14-3-4-16-7-9(14)2/h8-9H,3-7H2,1-2H3,(H2,13,17). The number of amides is 1. The summed E-state index contributed by atoms with van der Waals surface area (Å²) in [7, 11) is 0. The third-order valence-corrected chi connectivity index (χ3v) is 4.29. The van der Waals surface area contributed by atoms with Crippen molar-refractivity contribution in [3.63, 3.8) is 0 Å². The molecule has 1 unspecified atom stereocenters. The molecule has 96 valence electrons. The van der Waals surface area contributed by atoms with Crippen molar-refractivity contribution in [3.8, 4) is 0 Å². The quantitative estimate of drug-likeness (QED) is 0.747. The van der Waals surface area contributed by atoms with Gasteiger partial charge in [-0.25, -0.2) is 0 Å². The zero-order valence-corrected chi connectivity index (χ0v) is 11.3. The lowest BCUT2D eigenvalue weighted by Crippen LogP contribution is -2.60. The lowest BCUT2D eigenvalue weighted by Gasteiger charge is -2.48. The van der Waals surface area contributed by atoms with Gasteiger partial charge in [-0.1, -0.05) is 19.1 Å². The molecule has 2 N–H and O–H groups in total. The van der Waals surface area contributed by atoms with E-state index in [0.29, 0.717) is 30.7 Å². The van der Waals surface area contributed by atoms with E-state index in [1.54, 1.807) is 0 Å². The highest BCUT2D eigenvalue weighted by Gasteiger charge is 2.53. The van der Waals surface area contributed by atoms with E-state index in [1.165, 1.54) is 0 Å². The first kappa shape index (κ1) is 12.8. The molecule has 0 aromatic heterocycles. The van der Waals surface area contributed by atoms with Crippen LogP contribution in [0.2, 0.25) is 0 Å². The van der Waals surface area contributed by atoms with E-state index in [1.807, 2.05) is 11.8 Å². The third-order valence-electron chi connectivity index (χ3n) is 3.90. The predicted octanol–water partition coefficient (Wildman–Crippen LogP) is 0.936. The predicted molar refractivity (Wildman–Crippen MR) is 69.6 cm³/mol. The van der Waals surface area contributed by atoms with Crippen LogP contribution in [0.5, 0.6) is 0 Å². The molecule has 1 atom stereocenters. The van der Waals surface area contributed by atoms with Crippen LogP contribution in [0.1, 0.15) is 26.7 Å². The second kappa shape index (κ2) is 4.53. The van der Waals surface area contributed by atoms with E-state index in [9.17, 15) is 4.79 Å². The summed E-state index contributed by atoms with van der Waals surface area (Å²) in [5.41, 5.74) is 5.23. The fourth-order valence-electron chi connectivity index (χ4n) is 2.91. The number of hydrogen-bond donors (Lipinski definition) is 1. The Morgan fingerprint density at radius 2 is 2.12 bits per heavy atom. The summed E-state index contributed by atoms with van der Waals surface area (Å²) >= 11 is 5.12. The van der Waals surface area contributed by atoms with Crippen LogP contribution >= 0.6 is 12.2 Å². The Bertz CT molecular complexity index is 339. The van der Waals surface area contributed by atoms with Gasteiger partial charge in [-0.15, -0.1) is 0 Å². The Hall–Kier alpha value is -0.680. The molecular weight excluding hydrogens is 236 g/mol. The van der Waals surface area contributed by atoms with Crippen molar-refractivity contribution < 1.29 is 9.53 Å². The molecule has 0 aromatic rings. The van der Waals surface area contributed by atoms with Crippen molar-refractivity contribution in [1.82, 2.24) is 4.90 Å². The van der Waals surface area contributed by atoms with Gasteiger partial charge in [-0.3, -0.25) is 4.79 Å². The number of rotatable bonds is 2. The zero-order valence-electron chi connectivity index (χ0n) is 10.4. The molecule has 1 heterocycles. The fourth-order valence-corrected chi connectivity index (χ4v) is 3.17. The second-order valence-corrected chi connectivity index (χ2v) is 5.82. The Morgan fingerprint density at radius 3 is 2.59 bits per heavy atom. The molecule has 1 aliphatic heterocycles. The molecule has 0 aromatic carbocycles. The van der Waals surface area contributed by atoms with E-state index in [-0.39, 0.29) is 11.9 Å². The van der Waals surface area contributed by atoms with Gasteiger partial charge in [0.1, 0.15) is 0 Å². The van der Waals surface area contributed by atoms with Gasteiger partial charge in [0.15, 0.2) is 0 Å². The summed E-state index contributed by atoms with van der Waals surface area (Å²) in [5, 5.41) is 0. The molecule has 1 saturated carbocycles. The first-order valence-corrected chi connectivity index (χ1v) is 6.57. The molecule has 2 rings (SSSR count). The van der Waals surface area contributed by atoms with Gasteiger partial charge in [0.2, 0.25) is 5.91 Å². The maximum absolute atomic E-state index is 12.6. The van der Waals surface area contributed by atoms with Gasteiger partial charge in [0.05, 0.1) is 29.7 Å². The SMILES string of the molecule is CC1CC(C(=O)N2CCOCC2C)(C(N)=S)C1. The van der Waals surface area contributed by atoms with Crippen LogP contribution < -0.4 is 5.73 Å². The minimum absolute atomic E-state index is 0.110. The largest absolute Gasteiger partial charge is 0.392 e. The van der Waals surface area contributed by atoms with E-state index >= 15 is 0 Å². The van der Waals surface area contributed by atoms with E-state index in [4.69, 9.17) is 22.7 Å². The summed E-state index contributed by atoms with van der Waals surface area (Å²) < 4.78 is 5.35. The van der Waals surface area contributed by atoms with E-state index in [0.717, 1.165) is 12.8 Å². The molecule has 0 radical (unpaired) electrons. The molecule has 1 saturated heterocycles. The maximum Gasteiger partial charge on any atom is 0.236 e. The fraction of sp³-hybridized carbons (Fsp3) is 0.833. The van der Waals surface area contributed by atoms with Gasteiger partial charge in [0.25, 0.3) is 0 Å². The first-order chi connectivity index (χ1) is 7.97. The minimum atomic E-state index is -0.569. The first-order valence-electron chi connectivity index (χ1n) is 6.16. The Kier molecular flexibility index (Phi) is 3.41. The van der Waals surface area contributed by atoms with Crippen molar-refractivity contribution in [2.45, 2.75) is 32.7 Å². The normalized spacial score (nSPS) is 37.4. The lowest BCUT2D eigenvalue weighted by atomic mass is 9.61. The number of morpholine rings is 1. The van der Waals surface area contributed by atoms with Gasteiger partial charge in [-0.05, 0) is 25.7 Å². The van der Waals surface area contributed by atoms with Crippen molar-refractivity contribution in [1.29, 1.82) is 0 Å². The number of nitrogens with two attached hydrogens (primary N) is 1. The van der Waals surface area contributed by atoms with Crippen LogP contribution in [-0.2, 0) is 9.53 Å². The summed E-state index contributed by atoms with van der Waals surface area (Å²) in [6.45, 7) is 6.01. The summed E-state index contributed by atoms with van der Waals surface area (Å²) in [4.78, 5) is 14.8. The van der Waals surface area contributed by atoms with Crippen molar-refractivity contribution in [3.05, 3.63) is 0 Å². The second-order valence-electron chi connectivity index (χ2n) is 5.38. The van der Waals surface area contributed by atoms with E-state index < -0.39 is 5.41 Å². The van der Waals surface area contributed by atoms with Gasteiger partial charge < -0.3 is 15.4 Å². The molecule has 2 fully saturated rings. The number of carbonyl (C=O) groups is 1. The van der Waals surface area contributed by atoms with Gasteiger partial charge >= 0.3 is 0 Å². The number of carbonyl (C=O) groups excluding carboxylic acids is 1. The van der Waals surface area contributed by atoms with Crippen molar-refractivity contribution >= 4 is 23.1 Å². The number of hydrogen-bond acceptors (Lipinski definition) is 3. The Balaban J connectivity index is 2.14. The lowest BCUT2D eigenvalue weighted by molar-refractivity contribution is -0.152. The van der Waals surface area contributed by atoms with Crippen molar-refractivity contribution in [2.24, 2.45) is 17.1 Å². The molecule has 1 aliphatic carbocycles. The molecule has 2 aliphatic rings. The summed E-state index contributed by atoms with van der Waals surface area (Å²) in [6, 6.07) is 0.124. The van der Waals surface area contributed by atoms with Gasteiger partial charge in [-0.2, -0.15) is 0 Å². The Morgan fingerprint density at radius 1 is 1.47 bits per heavy atom. The van der Waals surface area contributed by atoms with Crippen LogP contribution in [0.4, 0.5) is 0 Å². The number of ether oxygens (including phenoxy) is 1. The summed E-state index contributed by atoms with van der Waals surface area (Å²) in [6.07, 6.45) is 1.59. The molecule has 1 amide bonds. The molecule has 0 bridgehead atoms. The molecule has 4 nitrogen and oxygen atoms in total. The molecule has 5 heteroatoms. The molecular formula is C12H20N2O2S. The van der Waals surface area contributed by atoms with Crippen LogP contribution in [0, 0.1) is 11.3 Å². The van der Waals surface area contributed by atoms with Crippen LogP contribution in [-0.4, -0.2) is 41.6 Å². The molecule has 17 heavy (non-hydrogen) atoms.